The van der Waals surface area contributed by atoms with Crippen LogP contribution < -0.4 is 14.2 Å². The zero-order valence-corrected chi connectivity index (χ0v) is 16.3. The lowest BCUT2D eigenvalue weighted by Gasteiger charge is -2.14. The molecule has 0 unspecified atom stereocenters. The number of aromatic nitrogens is 1. The van der Waals surface area contributed by atoms with Gasteiger partial charge in [0.05, 0.1) is 19.9 Å². The van der Waals surface area contributed by atoms with Crippen molar-refractivity contribution >= 4 is 27.9 Å². The molecule has 0 spiro atoms. The minimum atomic E-state index is -3.89. The molecule has 6 nitrogen and oxygen atoms in total. The number of pyridine rings is 1. The minimum Gasteiger partial charge on any atom is -0.497 e. The molecule has 0 aliphatic carbocycles. The lowest BCUT2D eigenvalue weighted by atomic mass is 10.1. The van der Waals surface area contributed by atoms with Crippen molar-refractivity contribution in [2.24, 2.45) is 0 Å². The first-order valence-electron chi connectivity index (χ1n) is 8.45. The molecule has 28 heavy (non-hydrogen) atoms. The summed E-state index contributed by atoms with van der Waals surface area (Å²) < 4.78 is 39.0. The molecule has 0 aliphatic rings. The highest BCUT2D eigenvalue weighted by molar-refractivity contribution is 7.92. The van der Waals surface area contributed by atoms with Crippen LogP contribution in [-0.2, 0) is 10.0 Å². The smallest absolute Gasteiger partial charge is 0.265 e. The van der Waals surface area contributed by atoms with Gasteiger partial charge in [-0.05, 0) is 41.5 Å². The molecule has 3 aromatic rings. The fourth-order valence-electron chi connectivity index (χ4n) is 2.59. The maximum absolute atomic E-state index is 13.0. The number of hydrogen-bond donors (Lipinski definition) is 1. The Balaban J connectivity index is 1.95. The number of methoxy groups -OCH3 is 2. The molecule has 0 atom stereocenters. The SMILES string of the molecule is COc1ccc(OC)c(S(=O)(=O)Nc2ccccc2C=Cc2ccncc2)c1. The molecule has 1 N–H and O–H groups in total. The van der Waals surface area contributed by atoms with Gasteiger partial charge >= 0.3 is 0 Å². The Morgan fingerprint density at radius 2 is 1.68 bits per heavy atom. The van der Waals surface area contributed by atoms with Crippen molar-refractivity contribution < 1.29 is 17.9 Å². The van der Waals surface area contributed by atoms with Gasteiger partial charge in [0.2, 0.25) is 0 Å². The van der Waals surface area contributed by atoms with E-state index in [1.807, 2.05) is 36.4 Å². The van der Waals surface area contributed by atoms with Crippen LogP contribution in [0, 0.1) is 0 Å². The fourth-order valence-corrected chi connectivity index (χ4v) is 3.86. The van der Waals surface area contributed by atoms with Crippen LogP contribution in [-0.4, -0.2) is 27.6 Å². The number of hydrogen-bond acceptors (Lipinski definition) is 5. The number of rotatable bonds is 7. The lowest BCUT2D eigenvalue weighted by Crippen LogP contribution is -2.15. The molecule has 0 aliphatic heterocycles. The van der Waals surface area contributed by atoms with Gasteiger partial charge in [-0.3, -0.25) is 9.71 Å². The van der Waals surface area contributed by atoms with Crippen molar-refractivity contribution in [1.29, 1.82) is 0 Å². The van der Waals surface area contributed by atoms with E-state index in [-0.39, 0.29) is 10.6 Å². The molecule has 0 fully saturated rings. The summed E-state index contributed by atoms with van der Waals surface area (Å²) in [4.78, 5) is 3.98. The first-order chi connectivity index (χ1) is 13.5. The van der Waals surface area contributed by atoms with Crippen LogP contribution in [0.3, 0.4) is 0 Å². The average molecular weight is 396 g/mol. The first kappa shape index (κ1) is 19.4. The molecule has 7 heteroatoms. The molecule has 1 heterocycles. The van der Waals surface area contributed by atoms with Gasteiger partial charge in [-0.25, -0.2) is 8.42 Å². The molecule has 3 rings (SSSR count). The standard InChI is InChI=1S/C21H20N2O4S/c1-26-18-9-10-20(27-2)21(15-18)28(24,25)23-19-6-4-3-5-17(19)8-7-16-11-13-22-14-12-16/h3-15,23H,1-2H3. The van der Waals surface area contributed by atoms with Crippen LogP contribution in [0.4, 0.5) is 5.69 Å². The van der Waals surface area contributed by atoms with Gasteiger partial charge in [-0.15, -0.1) is 0 Å². The Labute approximate surface area is 164 Å². The molecular formula is C21H20N2O4S. The normalized spacial score (nSPS) is 11.4. The van der Waals surface area contributed by atoms with E-state index in [9.17, 15) is 8.42 Å². The average Bonchev–Trinajstić information content (AvgIpc) is 2.73. The molecule has 144 valence electrons. The monoisotopic (exact) mass is 396 g/mol. The molecular weight excluding hydrogens is 376 g/mol. The molecule has 0 amide bonds. The highest BCUT2D eigenvalue weighted by atomic mass is 32.2. The molecule has 0 saturated carbocycles. The maximum Gasteiger partial charge on any atom is 0.265 e. The van der Waals surface area contributed by atoms with Crippen molar-refractivity contribution in [3.05, 3.63) is 78.1 Å². The highest BCUT2D eigenvalue weighted by Crippen LogP contribution is 2.30. The third kappa shape index (κ3) is 4.50. The molecule has 0 radical (unpaired) electrons. The maximum atomic E-state index is 13.0. The van der Waals surface area contributed by atoms with Crippen LogP contribution in [0.1, 0.15) is 11.1 Å². The Morgan fingerprint density at radius 3 is 2.39 bits per heavy atom. The summed E-state index contributed by atoms with van der Waals surface area (Å²) in [5.41, 5.74) is 2.14. The quantitative estimate of drug-likeness (QED) is 0.651. The number of anilines is 1. The first-order valence-corrected chi connectivity index (χ1v) is 9.94. The van der Waals surface area contributed by atoms with Crippen LogP contribution >= 0.6 is 0 Å². The topological polar surface area (TPSA) is 77.5 Å². The second kappa shape index (κ2) is 8.58. The molecule has 1 aromatic heterocycles. The predicted molar refractivity (Wildman–Crippen MR) is 110 cm³/mol. The summed E-state index contributed by atoms with van der Waals surface area (Å²) in [6.07, 6.45) is 7.13. The number of ether oxygens (including phenoxy) is 2. The predicted octanol–water partition coefficient (Wildman–Crippen LogP) is 4.07. The van der Waals surface area contributed by atoms with Gasteiger partial charge < -0.3 is 9.47 Å². The van der Waals surface area contributed by atoms with Crippen LogP contribution in [0.2, 0.25) is 0 Å². The Bertz CT molecular complexity index is 1080. The molecule has 0 bridgehead atoms. The van der Waals surface area contributed by atoms with Crippen molar-refractivity contribution in [2.75, 3.05) is 18.9 Å². The van der Waals surface area contributed by atoms with Crippen LogP contribution in [0.5, 0.6) is 11.5 Å². The number of sulfonamides is 1. The van der Waals surface area contributed by atoms with E-state index in [1.54, 1.807) is 36.7 Å². The summed E-state index contributed by atoms with van der Waals surface area (Å²) in [7, 11) is -0.993. The third-order valence-corrected chi connectivity index (χ3v) is 5.41. The van der Waals surface area contributed by atoms with E-state index in [0.717, 1.165) is 11.1 Å². The Hall–Kier alpha value is -3.32. The van der Waals surface area contributed by atoms with Crippen molar-refractivity contribution in [2.45, 2.75) is 4.90 Å². The van der Waals surface area contributed by atoms with E-state index in [1.165, 1.54) is 20.3 Å². The van der Waals surface area contributed by atoms with Gasteiger partial charge in [-0.2, -0.15) is 0 Å². The summed E-state index contributed by atoms with van der Waals surface area (Å²) >= 11 is 0. The Kier molecular flexibility index (Phi) is 5.96. The number of nitrogens with zero attached hydrogens (tertiary/aromatic N) is 1. The van der Waals surface area contributed by atoms with E-state index >= 15 is 0 Å². The van der Waals surface area contributed by atoms with Crippen LogP contribution in [0.15, 0.2) is 71.9 Å². The number of nitrogens with one attached hydrogen (secondary N) is 1. The summed E-state index contributed by atoms with van der Waals surface area (Å²) in [6, 6.07) is 15.5. The second-order valence-electron chi connectivity index (χ2n) is 5.82. The van der Waals surface area contributed by atoms with Crippen molar-refractivity contribution in [1.82, 2.24) is 4.98 Å². The highest BCUT2D eigenvalue weighted by Gasteiger charge is 2.21. The summed E-state index contributed by atoms with van der Waals surface area (Å²) in [5, 5.41) is 0. The van der Waals surface area contributed by atoms with Gasteiger partial charge in [0, 0.05) is 18.5 Å². The summed E-state index contributed by atoms with van der Waals surface area (Å²) in [6.45, 7) is 0. The largest absolute Gasteiger partial charge is 0.497 e. The lowest BCUT2D eigenvalue weighted by molar-refractivity contribution is 0.392. The summed E-state index contributed by atoms with van der Waals surface area (Å²) in [5.74, 6) is 0.658. The molecule has 2 aromatic carbocycles. The van der Waals surface area contributed by atoms with E-state index in [4.69, 9.17) is 9.47 Å². The number of benzene rings is 2. The minimum absolute atomic E-state index is 0.00210. The van der Waals surface area contributed by atoms with Gasteiger partial charge in [0.15, 0.2) is 0 Å². The zero-order valence-electron chi connectivity index (χ0n) is 15.5. The van der Waals surface area contributed by atoms with E-state index in [0.29, 0.717) is 11.4 Å². The van der Waals surface area contributed by atoms with Crippen LogP contribution in [0.25, 0.3) is 12.2 Å². The van der Waals surface area contributed by atoms with Crippen molar-refractivity contribution in [3.8, 4) is 11.5 Å². The fraction of sp³-hybridized carbons (Fsp3) is 0.0952. The number of para-hydroxylation sites is 1. The zero-order chi connectivity index (χ0) is 20.0. The van der Waals surface area contributed by atoms with Gasteiger partial charge in [0.1, 0.15) is 16.4 Å². The van der Waals surface area contributed by atoms with Crippen molar-refractivity contribution in [3.63, 3.8) is 0 Å². The van der Waals surface area contributed by atoms with Gasteiger partial charge in [-0.1, -0.05) is 30.4 Å². The molecule has 0 saturated heterocycles. The Morgan fingerprint density at radius 1 is 0.929 bits per heavy atom. The van der Waals surface area contributed by atoms with E-state index < -0.39 is 10.0 Å². The van der Waals surface area contributed by atoms with Gasteiger partial charge in [0.25, 0.3) is 10.0 Å². The van der Waals surface area contributed by atoms with E-state index in [2.05, 4.69) is 9.71 Å². The second-order valence-corrected chi connectivity index (χ2v) is 7.47. The third-order valence-electron chi connectivity index (χ3n) is 4.03.